The van der Waals surface area contributed by atoms with Crippen LogP contribution in [0.25, 0.3) is 0 Å². The second kappa shape index (κ2) is 3.01. The molecule has 1 heterocycles. The predicted octanol–water partition coefficient (Wildman–Crippen LogP) is 1.71. The summed E-state index contributed by atoms with van der Waals surface area (Å²) in [6, 6.07) is 0.0485. The van der Waals surface area contributed by atoms with Gasteiger partial charge in [-0.3, -0.25) is 0 Å². The van der Waals surface area contributed by atoms with Crippen LogP contribution in [-0.4, -0.2) is 9.78 Å². The molecule has 0 aliphatic heterocycles. The van der Waals surface area contributed by atoms with Gasteiger partial charge in [-0.15, -0.1) is 5.10 Å². The van der Waals surface area contributed by atoms with Gasteiger partial charge < -0.3 is 4.42 Å². The van der Waals surface area contributed by atoms with Crippen molar-refractivity contribution < 1.29 is 4.42 Å². The Balaban J connectivity index is 3.18. The van der Waals surface area contributed by atoms with E-state index in [9.17, 15) is 4.79 Å². The van der Waals surface area contributed by atoms with E-state index in [2.05, 4.69) is 5.10 Å². The fourth-order valence-corrected chi connectivity index (χ4v) is 0.918. The normalized spacial score (nSPS) is 12.5. The Kier molecular flexibility index (Phi) is 2.32. The van der Waals surface area contributed by atoms with E-state index in [4.69, 9.17) is 4.42 Å². The van der Waals surface area contributed by atoms with Crippen LogP contribution in [0.5, 0.6) is 0 Å². The summed E-state index contributed by atoms with van der Waals surface area (Å²) in [6.45, 7) is 9.68. The van der Waals surface area contributed by atoms with E-state index in [1.54, 1.807) is 0 Å². The first kappa shape index (κ1) is 10.0. The molecule has 1 rings (SSSR count). The summed E-state index contributed by atoms with van der Waals surface area (Å²) in [7, 11) is 0. The maximum Gasteiger partial charge on any atom is 0.437 e. The summed E-state index contributed by atoms with van der Waals surface area (Å²) in [5.41, 5.74) is -0.209. The standard InChI is InChI=1S/C9H16N2O2/c1-6(2)11-8(12)13-7(10-11)9(3,4)5/h6H,1-5H3. The molecule has 0 aromatic carbocycles. The Hall–Kier alpha value is -1.06. The second-order valence-corrected chi connectivity index (χ2v) is 4.46. The molecular weight excluding hydrogens is 168 g/mol. The molecule has 0 fully saturated rings. The van der Waals surface area contributed by atoms with Crippen LogP contribution >= 0.6 is 0 Å². The van der Waals surface area contributed by atoms with Crippen LogP contribution in [0.3, 0.4) is 0 Å². The van der Waals surface area contributed by atoms with Crippen LogP contribution in [0.4, 0.5) is 0 Å². The smallest absolute Gasteiger partial charge is 0.392 e. The van der Waals surface area contributed by atoms with E-state index in [1.807, 2.05) is 34.6 Å². The van der Waals surface area contributed by atoms with E-state index in [0.717, 1.165) is 0 Å². The van der Waals surface area contributed by atoms with Gasteiger partial charge >= 0.3 is 5.76 Å². The van der Waals surface area contributed by atoms with Gasteiger partial charge in [-0.25, -0.2) is 4.79 Å². The summed E-state index contributed by atoms with van der Waals surface area (Å²) in [5, 5.41) is 4.12. The molecule has 0 saturated heterocycles. The monoisotopic (exact) mass is 184 g/mol. The summed E-state index contributed by atoms with van der Waals surface area (Å²) in [6.07, 6.45) is 0. The minimum Gasteiger partial charge on any atom is -0.392 e. The Bertz CT molecular complexity index is 341. The molecule has 0 N–H and O–H groups in total. The third-order valence-electron chi connectivity index (χ3n) is 1.70. The molecule has 1 aromatic heterocycles. The fourth-order valence-electron chi connectivity index (χ4n) is 0.918. The topological polar surface area (TPSA) is 48.0 Å². The third-order valence-corrected chi connectivity index (χ3v) is 1.70. The van der Waals surface area contributed by atoms with Crippen molar-refractivity contribution in [2.75, 3.05) is 0 Å². The van der Waals surface area contributed by atoms with Crippen molar-refractivity contribution >= 4 is 0 Å². The predicted molar refractivity (Wildman–Crippen MR) is 49.8 cm³/mol. The van der Waals surface area contributed by atoms with Crippen molar-refractivity contribution in [1.82, 2.24) is 9.78 Å². The highest BCUT2D eigenvalue weighted by Gasteiger charge is 2.22. The number of hydrogen-bond donors (Lipinski definition) is 0. The van der Waals surface area contributed by atoms with Crippen molar-refractivity contribution in [2.45, 2.75) is 46.1 Å². The zero-order valence-corrected chi connectivity index (χ0v) is 8.79. The highest BCUT2D eigenvalue weighted by atomic mass is 16.4. The van der Waals surface area contributed by atoms with Crippen LogP contribution in [0.2, 0.25) is 0 Å². The average Bonchev–Trinajstić information content (AvgIpc) is 2.29. The van der Waals surface area contributed by atoms with Crippen LogP contribution in [0, 0.1) is 0 Å². The molecule has 4 heteroatoms. The van der Waals surface area contributed by atoms with Gasteiger partial charge in [-0.2, -0.15) is 4.68 Å². The maximum atomic E-state index is 11.3. The van der Waals surface area contributed by atoms with Gasteiger partial charge in [0.05, 0.1) is 6.04 Å². The number of rotatable bonds is 1. The lowest BCUT2D eigenvalue weighted by atomic mass is 9.97. The Morgan fingerprint density at radius 1 is 1.38 bits per heavy atom. The van der Waals surface area contributed by atoms with Gasteiger partial charge in [-0.05, 0) is 13.8 Å². The minimum atomic E-state index is -0.375. The molecule has 4 nitrogen and oxygen atoms in total. The van der Waals surface area contributed by atoms with Crippen molar-refractivity contribution in [3.63, 3.8) is 0 Å². The lowest BCUT2D eigenvalue weighted by molar-refractivity contribution is 0.372. The molecule has 0 aliphatic carbocycles. The highest BCUT2D eigenvalue weighted by Crippen LogP contribution is 2.18. The van der Waals surface area contributed by atoms with Gasteiger partial charge in [0.25, 0.3) is 0 Å². The van der Waals surface area contributed by atoms with Gasteiger partial charge in [0.2, 0.25) is 5.89 Å². The fraction of sp³-hybridized carbons (Fsp3) is 0.778. The molecule has 1 aromatic rings. The Labute approximate surface area is 77.6 Å². The number of nitrogens with zero attached hydrogens (tertiary/aromatic N) is 2. The van der Waals surface area contributed by atoms with Gasteiger partial charge in [0, 0.05) is 5.41 Å². The quantitative estimate of drug-likeness (QED) is 0.667. The molecule has 0 bridgehead atoms. The Morgan fingerprint density at radius 3 is 2.15 bits per heavy atom. The van der Waals surface area contributed by atoms with Crippen molar-refractivity contribution in [1.29, 1.82) is 0 Å². The molecule has 0 unspecified atom stereocenters. The van der Waals surface area contributed by atoms with Crippen LogP contribution in [-0.2, 0) is 5.41 Å². The summed E-state index contributed by atoms with van der Waals surface area (Å²) in [5.74, 6) is 0.117. The molecule has 0 radical (unpaired) electrons. The van der Waals surface area contributed by atoms with E-state index >= 15 is 0 Å². The van der Waals surface area contributed by atoms with Crippen molar-refractivity contribution in [3.8, 4) is 0 Å². The number of hydrogen-bond acceptors (Lipinski definition) is 3. The van der Waals surface area contributed by atoms with Gasteiger partial charge in [-0.1, -0.05) is 20.8 Å². The molecular formula is C9H16N2O2. The molecule has 0 aliphatic rings. The van der Waals surface area contributed by atoms with Crippen LogP contribution in [0.15, 0.2) is 9.21 Å². The summed E-state index contributed by atoms with van der Waals surface area (Å²) >= 11 is 0. The minimum absolute atomic E-state index is 0.0485. The van der Waals surface area contributed by atoms with E-state index in [1.165, 1.54) is 4.68 Å². The van der Waals surface area contributed by atoms with Crippen molar-refractivity contribution in [2.24, 2.45) is 0 Å². The van der Waals surface area contributed by atoms with Gasteiger partial charge in [0.1, 0.15) is 0 Å². The van der Waals surface area contributed by atoms with E-state index in [0.29, 0.717) is 5.89 Å². The molecule has 13 heavy (non-hydrogen) atoms. The Morgan fingerprint density at radius 2 is 1.92 bits per heavy atom. The zero-order valence-electron chi connectivity index (χ0n) is 8.79. The largest absolute Gasteiger partial charge is 0.437 e. The SMILES string of the molecule is CC(C)n1nc(C(C)(C)C)oc1=O. The first-order valence-corrected chi connectivity index (χ1v) is 4.42. The summed E-state index contributed by atoms with van der Waals surface area (Å²) < 4.78 is 6.40. The first-order valence-electron chi connectivity index (χ1n) is 4.42. The average molecular weight is 184 g/mol. The lowest BCUT2D eigenvalue weighted by Gasteiger charge is -2.11. The molecule has 74 valence electrons. The summed E-state index contributed by atoms with van der Waals surface area (Å²) in [4.78, 5) is 11.3. The van der Waals surface area contributed by atoms with Crippen LogP contribution in [0.1, 0.15) is 46.6 Å². The number of aromatic nitrogens is 2. The van der Waals surface area contributed by atoms with Crippen molar-refractivity contribution in [3.05, 3.63) is 16.4 Å². The second-order valence-electron chi connectivity index (χ2n) is 4.46. The third kappa shape index (κ3) is 1.99. The van der Waals surface area contributed by atoms with Gasteiger partial charge in [0.15, 0.2) is 0 Å². The molecule has 0 amide bonds. The van der Waals surface area contributed by atoms with E-state index in [-0.39, 0.29) is 17.2 Å². The maximum absolute atomic E-state index is 11.3. The highest BCUT2D eigenvalue weighted by molar-refractivity contribution is 4.94. The first-order chi connectivity index (χ1) is 5.82. The van der Waals surface area contributed by atoms with Crippen LogP contribution < -0.4 is 5.76 Å². The molecule has 0 spiro atoms. The zero-order chi connectivity index (χ0) is 10.2. The lowest BCUT2D eigenvalue weighted by Crippen LogP contribution is -2.18. The van der Waals surface area contributed by atoms with E-state index < -0.39 is 0 Å². The molecule has 0 saturated carbocycles. The molecule has 0 atom stereocenters.